The summed E-state index contributed by atoms with van der Waals surface area (Å²) < 4.78 is 14.0. The van der Waals surface area contributed by atoms with E-state index in [-0.39, 0.29) is 13.2 Å². The third-order valence-electron chi connectivity index (χ3n) is 2.11. The molecule has 0 aliphatic heterocycles. The molecule has 122 valence electrons. The SMILES string of the molecule is CCCCCOOC=CC(=O)OCCOC(C)OC(=O)O. The van der Waals surface area contributed by atoms with E-state index >= 15 is 0 Å². The van der Waals surface area contributed by atoms with Gasteiger partial charge < -0.3 is 24.2 Å². The highest BCUT2D eigenvalue weighted by atomic mass is 17.2. The number of rotatable bonds is 12. The third kappa shape index (κ3) is 14.4. The first-order chi connectivity index (χ1) is 10.1. The average Bonchev–Trinajstić information content (AvgIpc) is 2.42. The van der Waals surface area contributed by atoms with E-state index in [1.807, 2.05) is 0 Å². The highest BCUT2D eigenvalue weighted by Crippen LogP contribution is 1.96. The van der Waals surface area contributed by atoms with Crippen LogP contribution in [0.5, 0.6) is 0 Å². The van der Waals surface area contributed by atoms with Crippen LogP contribution in [0.1, 0.15) is 33.1 Å². The summed E-state index contributed by atoms with van der Waals surface area (Å²) in [6.45, 7) is 3.94. The van der Waals surface area contributed by atoms with Crippen LogP contribution in [0.4, 0.5) is 4.79 Å². The Balaban J connectivity index is 3.47. The normalized spacial score (nSPS) is 12.1. The molecule has 0 aliphatic rings. The maximum Gasteiger partial charge on any atom is 0.508 e. The molecule has 0 radical (unpaired) electrons. The second-order valence-electron chi connectivity index (χ2n) is 3.92. The first kappa shape index (κ1) is 19.2. The topological polar surface area (TPSA) is 101 Å². The fourth-order valence-corrected chi connectivity index (χ4v) is 1.16. The van der Waals surface area contributed by atoms with Crippen LogP contribution in [-0.4, -0.2) is 43.3 Å². The lowest BCUT2D eigenvalue weighted by molar-refractivity contribution is -0.249. The van der Waals surface area contributed by atoms with Crippen LogP contribution in [0.25, 0.3) is 0 Å². The Labute approximate surface area is 123 Å². The molecule has 0 heterocycles. The molecule has 0 spiro atoms. The van der Waals surface area contributed by atoms with Crippen molar-refractivity contribution in [3.63, 3.8) is 0 Å². The predicted molar refractivity (Wildman–Crippen MR) is 71.2 cm³/mol. The maximum atomic E-state index is 11.2. The minimum atomic E-state index is -1.43. The molecule has 1 unspecified atom stereocenters. The van der Waals surface area contributed by atoms with Gasteiger partial charge in [-0.2, -0.15) is 4.89 Å². The number of unbranched alkanes of at least 4 members (excludes halogenated alkanes) is 2. The largest absolute Gasteiger partial charge is 0.508 e. The smallest absolute Gasteiger partial charge is 0.460 e. The highest BCUT2D eigenvalue weighted by Gasteiger charge is 2.07. The van der Waals surface area contributed by atoms with E-state index in [1.165, 1.54) is 6.92 Å². The second-order valence-corrected chi connectivity index (χ2v) is 3.92. The van der Waals surface area contributed by atoms with E-state index in [2.05, 4.69) is 16.5 Å². The summed E-state index contributed by atoms with van der Waals surface area (Å²) in [5, 5.41) is 8.29. The Morgan fingerprint density at radius 3 is 2.62 bits per heavy atom. The van der Waals surface area contributed by atoms with Crippen molar-refractivity contribution in [2.75, 3.05) is 19.8 Å². The number of carbonyl (C=O) groups is 2. The van der Waals surface area contributed by atoms with Crippen LogP contribution in [-0.2, 0) is 28.8 Å². The van der Waals surface area contributed by atoms with Crippen LogP contribution >= 0.6 is 0 Å². The fourth-order valence-electron chi connectivity index (χ4n) is 1.16. The molecule has 0 rings (SSSR count). The van der Waals surface area contributed by atoms with Crippen molar-refractivity contribution in [3.05, 3.63) is 12.3 Å². The quantitative estimate of drug-likeness (QED) is 0.111. The van der Waals surface area contributed by atoms with Crippen molar-refractivity contribution in [1.29, 1.82) is 0 Å². The lowest BCUT2D eigenvalue weighted by Crippen LogP contribution is -2.19. The zero-order valence-corrected chi connectivity index (χ0v) is 12.3. The summed E-state index contributed by atoms with van der Waals surface area (Å²) in [6, 6.07) is 0. The summed E-state index contributed by atoms with van der Waals surface area (Å²) in [5.41, 5.74) is 0. The van der Waals surface area contributed by atoms with Gasteiger partial charge in [0.15, 0.2) is 0 Å². The molecule has 0 fully saturated rings. The van der Waals surface area contributed by atoms with Crippen molar-refractivity contribution in [2.45, 2.75) is 39.4 Å². The van der Waals surface area contributed by atoms with Crippen molar-refractivity contribution in [1.82, 2.24) is 0 Å². The molecule has 1 N–H and O–H groups in total. The summed E-state index contributed by atoms with van der Waals surface area (Å²) in [5.74, 6) is -0.623. The molecule has 8 heteroatoms. The number of hydrogen-bond acceptors (Lipinski definition) is 7. The molecule has 1 atom stereocenters. The fraction of sp³-hybridized carbons (Fsp3) is 0.692. The molecular formula is C13H22O8. The minimum Gasteiger partial charge on any atom is -0.460 e. The molecule has 0 aromatic heterocycles. The first-order valence-corrected chi connectivity index (χ1v) is 6.69. The van der Waals surface area contributed by atoms with Gasteiger partial charge >= 0.3 is 12.1 Å². The Morgan fingerprint density at radius 1 is 1.19 bits per heavy atom. The van der Waals surface area contributed by atoms with Crippen molar-refractivity contribution >= 4 is 12.1 Å². The van der Waals surface area contributed by atoms with Gasteiger partial charge in [-0.1, -0.05) is 19.8 Å². The van der Waals surface area contributed by atoms with Gasteiger partial charge in [0.2, 0.25) is 6.29 Å². The minimum absolute atomic E-state index is 0.0163. The van der Waals surface area contributed by atoms with Crippen LogP contribution in [0.15, 0.2) is 12.3 Å². The number of ether oxygens (including phenoxy) is 3. The zero-order chi connectivity index (χ0) is 15.9. The highest BCUT2D eigenvalue weighted by molar-refractivity contribution is 5.81. The number of carboxylic acid groups (broad SMARTS) is 1. The van der Waals surface area contributed by atoms with E-state index in [1.54, 1.807) is 0 Å². The predicted octanol–water partition coefficient (Wildman–Crippen LogP) is 2.24. The molecular weight excluding hydrogens is 284 g/mol. The van der Waals surface area contributed by atoms with Crippen LogP contribution in [0, 0.1) is 0 Å². The Bertz CT molecular complexity index is 315. The van der Waals surface area contributed by atoms with Crippen molar-refractivity contribution in [2.24, 2.45) is 0 Å². The Morgan fingerprint density at radius 2 is 1.95 bits per heavy atom. The number of hydrogen-bond donors (Lipinski definition) is 1. The first-order valence-electron chi connectivity index (χ1n) is 6.69. The summed E-state index contributed by atoms with van der Waals surface area (Å²) in [6.07, 6.45) is 2.84. The average molecular weight is 306 g/mol. The van der Waals surface area contributed by atoms with Gasteiger partial charge in [0.1, 0.15) is 12.9 Å². The van der Waals surface area contributed by atoms with Crippen LogP contribution < -0.4 is 0 Å². The van der Waals surface area contributed by atoms with Crippen molar-refractivity contribution < 1.29 is 38.7 Å². The number of carbonyl (C=O) groups excluding carboxylic acids is 1. The van der Waals surface area contributed by atoms with E-state index in [0.29, 0.717) is 6.61 Å². The van der Waals surface area contributed by atoms with E-state index in [9.17, 15) is 9.59 Å². The summed E-state index contributed by atoms with van der Waals surface area (Å²) in [7, 11) is 0. The van der Waals surface area contributed by atoms with Crippen LogP contribution in [0.2, 0.25) is 0 Å². The summed E-state index contributed by atoms with van der Waals surface area (Å²) >= 11 is 0. The second kappa shape index (κ2) is 13.2. The summed E-state index contributed by atoms with van der Waals surface area (Å²) in [4.78, 5) is 30.8. The molecule has 0 saturated heterocycles. The van der Waals surface area contributed by atoms with Gasteiger partial charge in [-0.15, -0.1) is 0 Å². The third-order valence-corrected chi connectivity index (χ3v) is 2.11. The molecule has 8 nitrogen and oxygen atoms in total. The van der Waals surface area contributed by atoms with Crippen LogP contribution in [0.3, 0.4) is 0 Å². The van der Waals surface area contributed by atoms with Crippen molar-refractivity contribution in [3.8, 4) is 0 Å². The molecule has 21 heavy (non-hydrogen) atoms. The van der Waals surface area contributed by atoms with Gasteiger partial charge in [-0.05, 0) is 13.3 Å². The maximum absolute atomic E-state index is 11.2. The van der Waals surface area contributed by atoms with Gasteiger partial charge in [0, 0.05) is 0 Å². The molecule has 0 aromatic carbocycles. The lowest BCUT2D eigenvalue weighted by Gasteiger charge is -2.11. The lowest BCUT2D eigenvalue weighted by atomic mass is 10.3. The number of esters is 1. The Hall–Kier alpha value is -1.80. The Kier molecular flexibility index (Phi) is 12.1. The van der Waals surface area contributed by atoms with Gasteiger partial charge in [-0.25, -0.2) is 9.59 Å². The van der Waals surface area contributed by atoms with E-state index < -0.39 is 18.4 Å². The monoisotopic (exact) mass is 306 g/mol. The molecule has 0 aliphatic carbocycles. The standard InChI is InChI=1S/C13H22O8/c1-3-4-5-7-19-20-8-6-12(14)18-10-9-17-11(2)21-13(15)16/h6,8,11H,3-5,7,9-10H2,1-2H3,(H,15,16). The molecule has 0 aromatic rings. The molecule has 0 bridgehead atoms. The van der Waals surface area contributed by atoms with Gasteiger partial charge in [0.05, 0.1) is 19.3 Å². The van der Waals surface area contributed by atoms with E-state index in [4.69, 9.17) is 19.5 Å². The van der Waals surface area contributed by atoms with Gasteiger partial charge in [0.25, 0.3) is 0 Å². The van der Waals surface area contributed by atoms with E-state index in [0.717, 1.165) is 31.6 Å². The molecule has 0 saturated carbocycles. The molecule has 0 amide bonds. The zero-order valence-electron chi connectivity index (χ0n) is 12.3. The van der Waals surface area contributed by atoms with Gasteiger partial charge in [-0.3, -0.25) is 0 Å².